The number of anilines is 1. The highest BCUT2D eigenvalue weighted by Gasteiger charge is 2.20. The third-order valence-electron chi connectivity index (χ3n) is 3.70. The first-order valence-corrected chi connectivity index (χ1v) is 9.19. The van der Waals surface area contributed by atoms with Gasteiger partial charge >= 0.3 is 5.97 Å². The molecule has 3 aromatic rings. The first-order chi connectivity index (χ1) is 13.1. The zero-order valence-corrected chi connectivity index (χ0v) is 15.8. The number of esters is 1. The van der Waals surface area contributed by atoms with Crippen LogP contribution in [0.15, 0.2) is 48.5 Å². The average Bonchev–Trinajstić information content (AvgIpc) is 3.05. The van der Waals surface area contributed by atoms with E-state index in [1.54, 1.807) is 24.3 Å². The lowest BCUT2D eigenvalue weighted by Crippen LogP contribution is -2.20. The highest BCUT2D eigenvalue weighted by atomic mass is 32.1. The van der Waals surface area contributed by atoms with Crippen molar-refractivity contribution in [3.63, 3.8) is 0 Å². The Kier molecular flexibility index (Phi) is 5.93. The number of carbonyl (C=O) groups is 2. The fraction of sp³-hybridized carbons (Fsp3) is 0.200. The van der Waals surface area contributed by atoms with Crippen molar-refractivity contribution >= 4 is 39.0 Å². The van der Waals surface area contributed by atoms with Crippen molar-refractivity contribution < 1.29 is 23.8 Å². The summed E-state index contributed by atoms with van der Waals surface area (Å²) in [5.41, 5.74) is 0.597. The summed E-state index contributed by atoms with van der Waals surface area (Å²) in [7, 11) is 1.33. The number of hydrogen-bond donors (Lipinski definition) is 1. The van der Waals surface area contributed by atoms with Gasteiger partial charge in [0.05, 0.1) is 13.7 Å². The average molecular weight is 385 g/mol. The maximum Gasteiger partial charge on any atom is 0.351 e. The summed E-state index contributed by atoms with van der Waals surface area (Å²) in [6, 6.07) is 14.5. The van der Waals surface area contributed by atoms with Gasteiger partial charge in [-0.05, 0) is 37.3 Å². The molecule has 1 aromatic heterocycles. The van der Waals surface area contributed by atoms with Crippen molar-refractivity contribution in [3.05, 3.63) is 53.4 Å². The Hall–Kier alpha value is -3.06. The molecule has 0 saturated carbocycles. The zero-order chi connectivity index (χ0) is 19.2. The summed E-state index contributed by atoms with van der Waals surface area (Å²) < 4.78 is 16.8. The minimum Gasteiger partial charge on any atom is -0.491 e. The molecule has 0 atom stereocenters. The smallest absolute Gasteiger partial charge is 0.351 e. The maximum atomic E-state index is 12.2. The second-order valence-electron chi connectivity index (χ2n) is 5.55. The van der Waals surface area contributed by atoms with Gasteiger partial charge in [0.2, 0.25) is 0 Å². The normalized spacial score (nSPS) is 10.4. The Balaban J connectivity index is 1.78. The minimum atomic E-state index is -0.443. The second-order valence-corrected chi connectivity index (χ2v) is 6.60. The van der Waals surface area contributed by atoms with E-state index in [9.17, 15) is 9.59 Å². The fourth-order valence-electron chi connectivity index (χ4n) is 2.53. The highest BCUT2D eigenvalue weighted by molar-refractivity contribution is 7.21. The van der Waals surface area contributed by atoms with E-state index in [2.05, 4.69) is 5.32 Å². The molecule has 2 aromatic carbocycles. The molecule has 3 rings (SSSR count). The van der Waals surface area contributed by atoms with Gasteiger partial charge in [0.25, 0.3) is 5.91 Å². The Labute approximate surface area is 160 Å². The highest BCUT2D eigenvalue weighted by Crippen LogP contribution is 2.39. The molecule has 0 bridgehead atoms. The minimum absolute atomic E-state index is 0.0998. The number of para-hydroxylation sites is 1. The monoisotopic (exact) mass is 385 g/mol. The summed E-state index contributed by atoms with van der Waals surface area (Å²) in [5, 5.41) is 3.55. The van der Waals surface area contributed by atoms with E-state index in [4.69, 9.17) is 14.2 Å². The standard InChI is InChI=1S/C20H19NO5S/c1-3-25-18-15-11-13(9-10-16(15)27-19(18)20(23)24-2)21-17(22)12-26-14-7-5-4-6-8-14/h4-11H,3,12H2,1-2H3,(H,21,22). The Morgan fingerprint density at radius 1 is 1.07 bits per heavy atom. The molecule has 0 aliphatic heterocycles. The molecule has 1 N–H and O–H groups in total. The lowest BCUT2D eigenvalue weighted by Gasteiger charge is -2.08. The van der Waals surface area contributed by atoms with Gasteiger partial charge in [-0.3, -0.25) is 4.79 Å². The van der Waals surface area contributed by atoms with Crippen LogP contribution in [-0.4, -0.2) is 32.2 Å². The van der Waals surface area contributed by atoms with Crippen molar-refractivity contribution in [2.24, 2.45) is 0 Å². The van der Waals surface area contributed by atoms with Gasteiger partial charge in [0.15, 0.2) is 17.2 Å². The lowest BCUT2D eigenvalue weighted by atomic mass is 10.2. The van der Waals surface area contributed by atoms with Crippen molar-refractivity contribution in [2.45, 2.75) is 6.92 Å². The first kappa shape index (κ1) is 18.7. The Morgan fingerprint density at radius 2 is 1.85 bits per heavy atom. The van der Waals surface area contributed by atoms with E-state index in [0.29, 0.717) is 28.7 Å². The third kappa shape index (κ3) is 4.38. The number of ether oxygens (including phenoxy) is 3. The van der Waals surface area contributed by atoms with E-state index in [0.717, 1.165) is 10.1 Å². The molecule has 0 fully saturated rings. The number of nitrogens with one attached hydrogen (secondary N) is 1. The van der Waals surface area contributed by atoms with E-state index in [1.165, 1.54) is 18.4 Å². The molecule has 0 spiro atoms. The molecular formula is C20H19NO5S. The van der Waals surface area contributed by atoms with Crippen molar-refractivity contribution in [1.82, 2.24) is 0 Å². The molecule has 7 heteroatoms. The molecule has 0 aliphatic rings. The van der Waals surface area contributed by atoms with Crippen LogP contribution in [0.3, 0.4) is 0 Å². The molecule has 1 heterocycles. The number of rotatable bonds is 7. The van der Waals surface area contributed by atoms with E-state index >= 15 is 0 Å². The van der Waals surface area contributed by atoms with Crippen LogP contribution in [0.5, 0.6) is 11.5 Å². The molecule has 0 unspecified atom stereocenters. The summed E-state index contributed by atoms with van der Waals surface area (Å²) in [5.74, 6) is 0.379. The quantitative estimate of drug-likeness (QED) is 0.620. The van der Waals surface area contributed by atoms with E-state index < -0.39 is 5.97 Å². The molecule has 6 nitrogen and oxygen atoms in total. The number of carbonyl (C=O) groups excluding carboxylic acids is 2. The number of benzene rings is 2. The molecule has 0 radical (unpaired) electrons. The van der Waals surface area contributed by atoms with Crippen molar-refractivity contribution in [3.8, 4) is 11.5 Å². The van der Waals surface area contributed by atoms with E-state index in [-0.39, 0.29) is 12.5 Å². The topological polar surface area (TPSA) is 73.9 Å². The Bertz CT molecular complexity index is 952. The largest absolute Gasteiger partial charge is 0.491 e. The molecule has 1 amide bonds. The molecule has 0 saturated heterocycles. The number of amides is 1. The summed E-state index contributed by atoms with van der Waals surface area (Å²) >= 11 is 1.29. The molecule has 0 aliphatic carbocycles. The van der Waals surface area contributed by atoms with Crippen LogP contribution in [0.25, 0.3) is 10.1 Å². The van der Waals surface area contributed by atoms with Gasteiger partial charge in [-0.1, -0.05) is 18.2 Å². The molecule has 140 valence electrons. The van der Waals surface area contributed by atoms with Crippen molar-refractivity contribution in [1.29, 1.82) is 0 Å². The van der Waals surface area contributed by atoms with Crippen LogP contribution < -0.4 is 14.8 Å². The lowest BCUT2D eigenvalue weighted by molar-refractivity contribution is -0.118. The van der Waals surface area contributed by atoms with Crippen LogP contribution in [0, 0.1) is 0 Å². The van der Waals surface area contributed by atoms with Crippen LogP contribution in [-0.2, 0) is 9.53 Å². The number of methoxy groups -OCH3 is 1. The van der Waals surface area contributed by atoms with Gasteiger partial charge in [-0.15, -0.1) is 11.3 Å². The summed E-state index contributed by atoms with van der Waals surface area (Å²) in [4.78, 5) is 24.5. The third-order valence-corrected chi connectivity index (χ3v) is 4.83. The van der Waals surface area contributed by atoms with Crippen molar-refractivity contribution in [2.75, 3.05) is 25.6 Å². The summed E-state index contributed by atoms with van der Waals surface area (Å²) in [6.07, 6.45) is 0. The number of hydrogen-bond acceptors (Lipinski definition) is 6. The molecule has 27 heavy (non-hydrogen) atoms. The zero-order valence-electron chi connectivity index (χ0n) is 15.0. The van der Waals surface area contributed by atoms with Crippen LogP contribution in [0.2, 0.25) is 0 Å². The van der Waals surface area contributed by atoms with Gasteiger partial charge in [-0.2, -0.15) is 0 Å². The van der Waals surface area contributed by atoms with Gasteiger partial charge in [-0.25, -0.2) is 4.79 Å². The SMILES string of the molecule is CCOc1c(C(=O)OC)sc2ccc(NC(=O)COc3ccccc3)cc12. The van der Waals surface area contributed by atoms with E-state index in [1.807, 2.05) is 31.2 Å². The summed E-state index contributed by atoms with van der Waals surface area (Å²) in [6.45, 7) is 2.16. The predicted molar refractivity (Wildman–Crippen MR) is 105 cm³/mol. The second kappa shape index (κ2) is 8.55. The molecular weight excluding hydrogens is 366 g/mol. The first-order valence-electron chi connectivity index (χ1n) is 8.37. The van der Waals surface area contributed by atoms with Crippen LogP contribution in [0.1, 0.15) is 16.6 Å². The van der Waals surface area contributed by atoms with Gasteiger partial charge < -0.3 is 19.5 Å². The maximum absolute atomic E-state index is 12.2. The van der Waals surface area contributed by atoms with Gasteiger partial charge in [0, 0.05) is 15.8 Å². The van der Waals surface area contributed by atoms with Gasteiger partial charge in [0.1, 0.15) is 5.75 Å². The predicted octanol–water partition coefficient (Wildman–Crippen LogP) is 4.10. The number of fused-ring (bicyclic) bond motifs is 1. The number of thiophene rings is 1. The van der Waals surface area contributed by atoms with Crippen LogP contribution >= 0.6 is 11.3 Å². The fourth-order valence-corrected chi connectivity index (χ4v) is 3.58. The van der Waals surface area contributed by atoms with Crippen LogP contribution in [0.4, 0.5) is 5.69 Å². The Morgan fingerprint density at radius 3 is 2.56 bits per heavy atom.